The zero-order valence-electron chi connectivity index (χ0n) is 31.2. The molecule has 3 aromatic carbocycles. The Morgan fingerprint density at radius 3 is 1.83 bits per heavy atom. The first-order valence-electron chi connectivity index (χ1n) is 18.2. The Morgan fingerprint density at radius 2 is 1.40 bits per heavy atom. The summed E-state index contributed by atoms with van der Waals surface area (Å²) in [7, 11) is 0. The third-order valence-corrected chi connectivity index (χ3v) is 12.2. The van der Waals surface area contributed by atoms with Crippen LogP contribution in [0.25, 0.3) is 11.6 Å². The van der Waals surface area contributed by atoms with E-state index >= 15 is 0 Å². The number of rotatable bonds is 7. The van der Waals surface area contributed by atoms with Crippen LogP contribution in [0.2, 0.25) is 0 Å². The summed E-state index contributed by atoms with van der Waals surface area (Å²) >= 11 is 1.46. The van der Waals surface area contributed by atoms with Crippen molar-refractivity contribution in [3.05, 3.63) is 152 Å². The maximum absolute atomic E-state index is 4.06. The molecule has 0 fully saturated rings. The molecule has 3 aliphatic carbocycles. The molecule has 1 unspecified atom stereocenters. The van der Waals surface area contributed by atoms with E-state index < -0.39 is 0 Å². The van der Waals surface area contributed by atoms with Crippen LogP contribution in [-0.4, -0.2) is 3.21 Å². The molecule has 0 heterocycles. The van der Waals surface area contributed by atoms with E-state index in [1.807, 2.05) is 0 Å². The van der Waals surface area contributed by atoms with Crippen LogP contribution in [0.4, 0.5) is 0 Å². The van der Waals surface area contributed by atoms with Gasteiger partial charge in [-0.05, 0) is 48.3 Å². The number of allylic oxidation sites excluding steroid dienone is 8. The van der Waals surface area contributed by atoms with Crippen LogP contribution < -0.4 is 10.4 Å². The van der Waals surface area contributed by atoms with Gasteiger partial charge in [-0.15, -0.1) is 33.7 Å². The zero-order chi connectivity index (χ0) is 34.9. The zero-order valence-corrected chi connectivity index (χ0v) is 33.7. The van der Waals surface area contributed by atoms with Gasteiger partial charge in [-0.3, -0.25) is 0 Å². The molecule has 6 rings (SSSR count). The Balaban J connectivity index is 0.000000267. The summed E-state index contributed by atoms with van der Waals surface area (Å²) in [4.78, 5) is 0. The second-order valence-electron chi connectivity index (χ2n) is 15.5. The van der Waals surface area contributed by atoms with Gasteiger partial charge in [0.05, 0.1) is 0 Å². The third-order valence-electron chi connectivity index (χ3n) is 10.8. The second kappa shape index (κ2) is 14.5. The summed E-state index contributed by atoms with van der Waals surface area (Å²) in [6.45, 7) is 23.9. The molecule has 48 heavy (non-hydrogen) atoms. The van der Waals surface area contributed by atoms with E-state index in [4.69, 9.17) is 0 Å². The van der Waals surface area contributed by atoms with Crippen molar-refractivity contribution in [2.45, 2.75) is 107 Å². The van der Waals surface area contributed by atoms with Crippen molar-refractivity contribution in [1.82, 2.24) is 0 Å². The van der Waals surface area contributed by atoms with E-state index in [2.05, 4.69) is 166 Å². The Morgan fingerprint density at radius 1 is 0.792 bits per heavy atom. The van der Waals surface area contributed by atoms with Crippen LogP contribution in [0.5, 0.6) is 0 Å². The van der Waals surface area contributed by atoms with Crippen LogP contribution in [0.15, 0.2) is 119 Å². The molecule has 0 aromatic heterocycles. The van der Waals surface area contributed by atoms with Gasteiger partial charge in [0, 0.05) is 0 Å². The Bertz CT molecular complexity index is 1890. The summed E-state index contributed by atoms with van der Waals surface area (Å²) in [6.07, 6.45) is 16.4. The molecular weight excluding hydrogens is 656 g/mol. The quantitative estimate of drug-likeness (QED) is 0.214. The molecular formula is C47H55Zr-. The molecule has 0 radical (unpaired) electrons. The van der Waals surface area contributed by atoms with Gasteiger partial charge in [-0.25, -0.2) is 0 Å². The third kappa shape index (κ3) is 6.54. The van der Waals surface area contributed by atoms with Gasteiger partial charge >= 0.3 is 99.2 Å². The van der Waals surface area contributed by atoms with Crippen molar-refractivity contribution in [3.8, 4) is 0 Å². The molecule has 0 N–H and O–H groups in total. The van der Waals surface area contributed by atoms with Gasteiger partial charge in [0.25, 0.3) is 0 Å². The molecule has 3 aromatic rings. The van der Waals surface area contributed by atoms with Gasteiger partial charge in [0.2, 0.25) is 0 Å². The van der Waals surface area contributed by atoms with Crippen molar-refractivity contribution in [3.63, 3.8) is 0 Å². The molecule has 0 nitrogen and oxygen atoms in total. The molecule has 0 amide bonds. The maximum atomic E-state index is 4.06. The number of hydrogen-bond donors (Lipinski definition) is 0. The van der Waals surface area contributed by atoms with Crippen molar-refractivity contribution in [2.24, 2.45) is 10.8 Å². The Hall–Kier alpha value is -2.89. The van der Waals surface area contributed by atoms with Gasteiger partial charge in [-0.1, -0.05) is 127 Å². The van der Waals surface area contributed by atoms with Crippen molar-refractivity contribution in [1.29, 1.82) is 0 Å². The molecule has 1 heteroatoms. The summed E-state index contributed by atoms with van der Waals surface area (Å²) in [5.74, 6) is 0. The molecule has 3 aliphatic rings. The van der Waals surface area contributed by atoms with Crippen molar-refractivity contribution in [2.75, 3.05) is 0 Å². The number of aryl methyl sites for hydroxylation is 1. The molecule has 0 saturated carbocycles. The van der Waals surface area contributed by atoms with Crippen LogP contribution in [0.1, 0.15) is 117 Å². The monoisotopic (exact) mass is 709 g/mol. The molecule has 0 saturated heterocycles. The van der Waals surface area contributed by atoms with Gasteiger partial charge in [-0.2, -0.15) is 0 Å². The topological polar surface area (TPSA) is 0 Å². The van der Waals surface area contributed by atoms with Crippen LogP contribution >= 0.6 is 0 Å². The molecule has 248 valence electrons. The summed E-state index contributed by atoms with van der Waals surface area (Å²) in [5, 5.41) is 2.79. The molecule has 1 atom stereocenters. The minimum atomic E-state index is 0.0259. The van der Waals surface area contributed by atoms with E-state index in [0.29, 0.717) is 0 Å². The van der Waals surface area contributed by atoms with Crippen LogP contribution in [0.3, 0.4) is 0 Å². The first kappa shape index (κ1) is 36.4. The Kier molecular flexibility index (Phi) is 11.0. The molecule has 0 aliphatic heterocycles. The van der Waals surface area contributed by atoms with Crippen molar-refractivity contribution >= 4 is 14.9 Å². The summed E-state index contributed by atoms with van der Waals surface area (Å²) < 4.78 is 1.42. The number of fused-ring (bicyclic) bond motifs is 2. The Labute approximate surface area is 306 Å². The molecule has 0 bridgehead atoms. The van der Waals surface area contributed by atoms with Gasteiger partial charge in [0.1, 0.15) is 0 Å². The van der Waals surface area contributed by atoms with Gasteiger partial charge in [0.15, 0.2) is 0 Å². The summed E-state index contributed by atoms with van der Waals surface area (Å²) in [6, 6.07) is 26.0. The van der Waals surface area contributed by atoms with Gasteiger partial charge < -0.3 is 0 Å². The van der Waals surface area contributed by atoms with E-state index in [0.717, 1.165) is 32.1 Å². The normalized spacial score (nSPS) is 18.6. The first-order chi connectivity index (χ1) is 22.8. The average Bonchev–Trinajstić information content (AvgIpc) is 3.75. The van der Waals surface area contributed by atoms with Crippen molar-refractivity contribution < 1.29 is 24.2 Å². The first-order valence-corrected chi connectivity index (χ1v) is 19.4. The molecule has 0 spiro atoms. The number of hydrogen-bond acceptors (Lipinski definition) is 0. The van der Waals surface area contributed by atoms with E-state index in [1.54, 1.807) is 16.7 Å². The SMILES string of the molecule is CCC1=C(CC)C(CC)(C(C)(C)C)C(C2=CC=CC2)=C2[C-]=c3cc(C(C)(C)C)cc(CC)c3=C21.[Zr]=[C](c1ccccc1)c1ccccc1. The minimum absolute atomic E-state index is 0.0259. The van der Waals surface area contributed by atoms with E-state index in [1.165, 1.54) is 76.9 Å². The van der Waals surface area contributed by atoms with Crippen LogP contribution in [0, 0.1) is 10.8 Å². The standard InChI is InChI=1S/C34H45.C13H10.Zr/c1-11-22-19-25(32(5,6)7)20-24-21-27-30(29(22)24)26(12-2)28(13-3)34(14-4,33(8,9)10)31(27)23-17-15-16-18-23;1-3-7-12(8-4-1)11-13-9-5-2-6-10-13;/h15-17,19-20H,11-14,18H2,1-10H3;1-10H;/q-1;;. The fourth-order valence-electron chi connectivity index (χ4n) is 8.49. The van der Waals surface area contributed by atoms with Crippen LogP contribution in [-0.2, 0) is 36.1 Å². The fourth-order valence-corrected chi connectivity index (χ4v) is 9.31. The summed E-state index contributed by atoms with van der Waals surface area (Å²) in [5.41, 5.74) is 15.1. The van der Waals surface area contributed by atoms with E-state index in [-0.39, 0.29) is 16.2 Å². The fraction of sp³-hybridized carbons (Fsp3) is 0.383. The predicted molar refractivity (Wildman–Crippen MR) is 205 cm³/mol. The average molecular weight is 711 g/mol. The number of benzene rings is 3. The predicted octanol–water partition coefficient (Wildman–Crippen LogP) is 10.9. The second-order valence-corrected chi connectivity index (χ2v) is 16.7. The van der Waals surface area contributed by atoms with E-state index in [9.17, 15) is 0 Å².